The Morgan fingerprint density at radius 3 is 1.17 bits per heavy atom. The predicted octanol–water partition coefficient (Wildman–Crippen LogP) is 4.40. The summed E-state index contributed by atoms with van der Waals surface area (Å²) in [6.07, 6.45) is 0.796. The molecule has 0 fully saturated rings. The van der Waals surface area contributed by atoms with Crippen molar-refractivity contribution < 1.29 is 19.2 Å². The van der Waals surface area contributed by atoms with Crippen molar-refractivity contribution in [2.45, 2.75) is 47.0 Å². The minimum absolute atomic E-state index is 0.0379. The van der Waals surface area contributed by atoms with Crippen molar-refractivity contribution in [2.24, 2.45) is 0 Å². The maximum absolute atomic E-state index is 12.4. The lowest BCUT2D eigenvalue weighted by Crippen LogP contribution is -2.30. The molecule has 0 aliphatic rings. The third kappa shape index (κ3) is 8.24. The highest BCUT2D eigenvalue weighted by molar-refractivity contribution is 5.97. The summed E-state index contributed by atoms with van der Waals surface area (Å²) in [5, 5.41) is 5.59. The molecule has 2 rings (SSSR count). The van der Waals surface area contributed by atoms with Crippen LogP contribution in [-0.4, -0.2) is 59.6 Å². The van der Waals surface area contributed by atoms with Crippen molar-refractivity contribution in [3.63, 3.8) is 0 Å². The van der Waals surface area contributed by atoms with Gasteiger partial charge in [-0.05, 0) is 82.6 Å². The molecule has 188 valence electrons. The van der Waals surface area contributed by atoms with E-state index in [9.17, 15) is 19.2 Å². The average Bonchev–Trinajstić information content (AvgIpc) is 2.86. The molecule has 0 bridgehead atoms. The molecule has 0 saturated heterocycles. The summed E-state index contributed by atoms with van der Waals surface area (Å²) in [6, 6.07) is 13.6. The number of hydrogen-bond donors (Lipinski definition) is 2. The van der Waals surface area contributed by atoms with E-state index in [0.717, 1.165) is 0 Å². The van der Waals surface area contributed by atoms with Gasteiger partial charge in [0.25, 0.3) is 11.8 Å². The first-order valence-electron chi connectivity index (χ1n) is 12.2. The lowest BCUT2D eigenvalue weighted by atomic mass is 10.1. The van der Waals surface area contributed by atoms with Gasteiger partial charge in [-0.25, -0.2) is 0 Å². The SMILES string of the molecule is CCN(CC)C(=O)c1ccc(NC(=O)CCCC(=O)Nc2ccc(C(=O)N(CC)CC)cc2)cc1. The zero-order valence-corrected chi connectivity index (χ0v) is 21.1. The van der Waals surface area contributed by atoms with Crippen LogP contribution in [0, 0.1) is 0 Å². The maximum Gasteiger partial charge on any atom is 0.253 e. The van der Waals surface area contributed by atoms with E-state index >= 15 is 0 Å². The number of rotatable bonds is 12. The first kappa shape index (κ1) is 27.6. The second kappa shape index (κ2) is 13.9. The van der Waals surface area contributed by atoms with E-state index in [1.165, 1.54) is 0 Å². The maximum atomic E-state index is 12.4. The molecule has 2 aromatic carbocycles. The van der Waals surface area contributed by atoms with Crippen molar-refractivity contribution in [1.29, 1.82) is 0 Å². The number of amides is 4. The summed E-state index contributed by atoms with van der Waals surface area (Å²) in [7, 11) is 0. The molecule has 0 spiro atoms. The van der Waals surface area contributed by atoms with Gasteiger partial charge in [-0.3, -0.25) is 19.2 Å². The Bertz CT molecular complexity index is 913. The zero-order chi connectivity index (χ0) is 25.8. The van der Waals surface area contributed by atoms with Crippen LogP contribution < -0.4 is 10.6 Å². The van der Waals surface area contributed by atoms with Crippen LogP contribution in [0.4, 0.5) is 11.4 Å². The molecule has 0 aliphatic heterocycles. The molecule has 8 nitrogen and oxygen atoms in total. The van der Waals surface area contributed by atoms with Gasteiger partial charge in [-0.15, -0.1) is 0 Å². The number of nitrogens with zero attached hydrogens (tertiary/aromatic N) is 2. The zero-order valence-electron chi connectivity index (χ0n) is 21.1. The molecule has 0 saturated carbocycles. The summed E-state index contributed by atoms with van der Waals surface area (Å²) >= 11 is 0. The predicted molar refractivity (Wildman–Crippen MR) is 138 cm³/mol. The third-order valence-electron chi connectivity index (χ3n) is 5.74. The number of anilines is 2. The normalized spacial score (nSPS) is 10.4. The molecule has 2 N–H and O–H groups in total. The highest BCUT2D eigenvalue weighted by atomic mass is 16.2. The van der Waals surface area contributed by atoms with Crippen molar-refractivity contribution in [3.8, 4) is 0 Å². The van der Waals surface area contributed by atoms with E-state index in [-0.39, 0.29) is 36.5 Å². The number of benzene rings is 2. The first-order valence-corrected chi connectivity index (χ1v) is 12.2. The first-order chi connectivity index (χ1) is 16.8. The van der Waals surface area contributed by atoms with Gasteiger partial charge in [0, 0.05) is 61.5 Å². The number of carbonyl (C=O) groups is 4. The Balaban J connectivity index is 1.76. The van der Waals surface area contributed by atoms with Crippen molar-refractivity contribution >= 4 is 35.0 Å². The van der Waals surface area contributed by atoms with Crippen LogP contribution in [0.1, 0.15) is 67.7 Å². The van der Waals surface area contributed by atoms with Crippen LogP contribution in [0.15, 0.2) is 48.5 Å². The number of carbonyl (C=O) groups excluding carboxylic acids is 4. The van der Waals surface area contributed by atoms with Gasteiger partial charge < -0.3 is 20.4 Å². The largest absolute Gasteiger partial charge is 0.339 e. The van der Waals surface area contributed by atoms with Crippen molar-refractivity contribution in [1.82, 2.24) is 9.80 Å². The summed E-state index contributed by atoms with van der Waals surface area (Å²) in [4.78, 5) is 52.6. The highest BCUT2D eigenvalue weighted by Crippen LogP contribution is 2.14. The van der Waals surface area contributed by atoms with E-state index in [2.05, 4.69) is 10.6 Å². The van der Waals surface area contributed by atoms with E-state index in [4.69, 9.17) is 0 Å². The van der Waals surface area contributed by atoms with Crippen molar-refractivity contribution in [3.05, 3.63) is 59.7 Å². The summed E-state index contributed by atoms with van der Waals surface area (Å²) in [5.41, 5.74) is 2.37. The molecular formula is C27H36N4O4. The Morgan fingerprint density at radius 2 is 0.886 bits per heavy atom. The average molecular weight is 481 g/mol. The molecule has 0 heterocycles. The summed E-state index contributed by atoms with van der Waals surface area (Å²) in [5.74, 6) is -0.465. The van der Waals surface area contributed by atoms with Gasteiger partial charge in [0.15, 0.2) is 0 Å². The molecule has 0 radical (unpaired) electrons. The number of hydrogen-bond acceptors (Lipinski definition) is 4. The summed E-state index contributed by atoms with van der Waals surface area (Å²) < 4.78 is 0. The molecule has 0 aromatic heterocycles. The molecular weight excluding hydrogens is 444 g/mol. The topological polar surface area (TPSA) is 98.8 Å². The van der Waals surface area contributed by atoms with Crippen LogP contribution in [0.5, 0.6) is 0 Å². The highest BCUT2D eigenvalue weighted by Gasteiger charge is 2.14. The fourth-order valence-corrected chi connectivity index (χ4v) is 3.64. The molecule has 0 atom stereocenters. The Kier molecular flexibility index (Phi) is 10.9. The second-order valence-corrected chi connectivity index (χ2v) is 8.06. The van der Waals surface area contributed by atoms with Gasteiger partial charge in [0.2, 0.25) is 11.8 Å². The van der Waals surface area contributed by atoms with E-state index < -0.39 is 0 Å². The monoisotopic (exact) mass is 480 g/mol. The van der Waals surface area contributed by atoms with Crippen LogP contribution in [0.25, 0.3) is 0 Å². The molecule has 8 heteroatoms. The second-order valence-electron chi connectivity index (χ2n) is 8.06. The van der Waals surface area contributed by atoms with E-state index in [1.807, 2.05) is 27.7 Å². The lowest BCUT2D eigenvalue weighted by Gasteiger charge is -2.18. The van der Waals surface area contributed by atoms with Crippen LogP contribution in [0.2, 0.25) is 0 Å². The molecule has 0 aliphatic carbocycles. The summed E-state index contributed by atoms with van der Waals surface area (Å²) in [6.45, 7) is 10.3. The molecule has 2 aromatic rings. The minimum Gasteiger partial charge on any atom is -0.339 e. The molecule has 35 heavy (non-hydrogen) atoms. The fourth-order valence-electron chi connectivity index (χ4n) is 3.64. The van der Waals surface area contributed by atoms with Gasteiger partial charge in [0.05, 0.1) is 0 Å². The van der Waals surface area contributed by atoms with Gasteiger partial charge in [0.1, 0.15) is 0 Å². The minimum atomic E-state index is -0.195. The van der Waals surface area contributed by atoms with Gasteiger partial charge in [-0.2, -0.15) is 0 Å². The Hall–Kier alpha value is -3.68. The van der Waals surface area contributed by atoms with E-state index in [0.29, 0.717) is 55.1 Å². The van der Waals surface area contributed by atoms with E-state index in [1.54, 1.807) is 58.3 Å². The van der Waals surface area contributed by atoms with Crippen LogP contribution >= 0.6 is 0 Å². The number of nitrogens with one attached hydrogen (secondary N) is 2. The smallest absolute Gasteiger partial charge is 0.253 e. The Morgan fingerprint density at radius 1 is 0.571 bits per heavy atom. The third-order valence-corrected chi connectivity index (χ3v) is 5.74. The Labute approximate surface area is 207 Å². The molecule has 4 amide bonds. The standard InChI is InChI=1S/C27H36N4O4/c1-5-30(6-2)26(34)20-12-16-22(17-13-20)28-24(32)10-9-11-25(33)29-23-18-14-21(15-19-23)27(35)31(7-3)8-4/h12-19H,5-11H2,1-4H3,(H,28,32)(H,29,33). The van der Waals surface area contributed by atoms with Gasteiger partial charge in [-0.1, -0.05) is 0 Å². The quantitative estimate of drug-likeness (QED) is 0.470. The molecule has 0 unspecified atom stereocenters. The van der Waals surface area contributed by atoms with Crippen LogP contribution in [-0.2, 0) is 9.59 Å². The fraction of sp³-hybridized carbons (Fsp3) is 0.407. The van der Waals surface area contributed by atoms with Gasteiger partial charge >= 0.3 is 0 Å². The van der Waals surface area contributed by atoms with Crippen molar-refractivity contribution in [2.75, 3.05) is 36.8 Å². The lowest BCUT2D eigenvalue weighted by molar-refractivity contribution is -0.117. The van der Waals surface area contributed by atoms with Crippen LogP contribution in [0.3, 0.4) is 0 Å².